The SMILES string of the molecule is CCCCCCCC/C=C\CCCCCCCCCC(=O)OCCCCCCCCCCCCC/C=C\CCCCCCCCCC(=O)NC(CO)C(O)/C=C/CCCCCCCCCCCCCCC. The summed E-state index contributed by atoms with van der Waals surface area (Å²) in [6, 6.07) is -0.633. The molecule has 0 rings (SSSR count). The van der Waals surface area contributed by atoms with E-state index >= 15 is 0 Å². The number of carbonyl (C=O) groups excluding carboxylic acids is 2. The van der Waals surface area contributed by atoms with Crippen LogP contribution < -0.4 is 5.32 Å². The van der Waals surface area contributed by atoms with Crippen molar-refractivity contribution in [3.63, 3.8) is 0 Å². The summed E-state index contributed by atoms with van der Waals surface area (Å²) in [6.07, 6.45) is 76.1. The number of unbranched alkanes of at least 4 members (excludes halogenated alkanes) is 44. The Kier molecular flexibility index (Phi) is 59.0. The molecule has 2 unspecified atom stereocenters. The van der Waals surface area contributed by atoms with E-state index < -0.39 is 12.1 Å². The molecule has 0 aliphatic rings. The van der Waals surface area contributed by atoms with E-state index in [0.29, 0.717) is 19.4 Å². The Morgan fingerprint density at radius 3 is 1.00 bits per heavy atom. The molecule has 71 heavy (non-hydrogen) atoms. The number of esters is 1. The van der Waals surface area contributed by atoms with Gasteiger partial charge in [0.2, 0.25) is 5.91 Å². The zero-order chi connectivity index (χ0) is 51.4. The summed E-state index contributed by atoms with van der Waals surface area (Å²) in [6.45, 7) is 4.91. The number of hydrogen-bond donors (Lipinski definition) is 3. The van der Waals surface area contributed by atoms with Crippen LogP contribution in [0.15, 0.2) is 36.5 Å². The van der Waals surface area contributed by atoms with Crippen molar-refractivity contribution in [3.8, 4) is 0 Å². The summed E-state index contributed by atoms with van der Waals surface area (Å²) in [5, 5.41) is 23.1. The molecule has 0 fully saturated rings. The van der Waals surface area contributed by atoms with E-state index in [9.17, 15) is 19.8 Å². The first kappa shape index (κ1) is 69.1. The molecular formula is C65H123NO5. The summed E-state index contributed by atoms with van der Waals surface area (Å²) in [5.74, 6) is -0.0678. The third-order valence-electron chi connectivity index (χ3n) is 14.6. The van der Waals surface area contributed by atoms with Gasteiger partial charge in [0.15, 0.2) is 0 Å². The molecule has 0 bridgehead atoms. The van der Waals surface area contributed by atoms with E-state index in [4.69, 9.17) is 4.74 Å². The van der Waals surface area contributed by atoms with Crippen LogP contribution in [0.3, 0.4) is 0 Å². The first-order valence-corrected chi connectivity index (χ1v) is 31.8. The van der Waals surface area contributed by atoms with Crippen molar-refractivity contribution in [2.24, 2.45) is 0 Å². The lowest BCUT2D eigenvalue weighted by Crippen LogP contribution is -2.45. The topological polar surface area (TPSA) is 95.9 Å². The second kappa shape index (κ2) is 60.6. The number of allylic oxidation sites excluding steroid dienone is 5. The molecule has 0 saturated carbocycles. The van der Waals surface area contributed by atoms with Crippen LogP contribution >= 0.6 is 0 Å². The van der Waals surface area contributed by atoms with Gasteiger partial charge in [-0.2, -0.15) is 0 Å². The summed E-state index contributed by atoms with van der Waals surface area (Å²) in [5.41, 5.74) is 0. The summed E-state index contributed by atoms with van der Waals surface area (Å²) >= 11 is 0. The van der Waals surface area contributed by atoms with Gasteiger partial charge in [-0.05, 0) is 83.5 Å². The summed E-state index contributed by atoms with van der Waals surface area (Å²) < 4.78 is 5.49. The molecule has 0 aromatic heterocycles. The van der Waals surface area contributed by atoms with Crippen LogP contribution in [0.1, 0.15) is 341 Å². The van der Waals surface area contributed by atoms with Gasteiger partial charge in [0, 0.05) is 12.8 Å². The number of ether oxygens (including phenoxy) is 1. The fourth-order valence-electron chi connectivity index (χ4n) is 9.74. The van der Waals surface area contributed by atoms with Gasteiger partial charge in [0.25, 0.3) is 0 Å². The van der Waals surface area contributed by atoms with E-state index in [1.807, 2.05) is 6.08 Å². The van der Waals surface area contributed by atoms with Gasteiger partial charge >= 0.3 is 5.97 Å². The molecular weight excluding hydrogens is 875 g/mol. The molecule has 2 atom stereocenters. The molecule has 0 saturated heterocycles. The van der Waals surface area contributed by atoms with E-state index in [1.165, 1.54) is 263 Å². The van der Waals surface area contributed by atoms with Crippen LogP contribution in [-0.4, -0.2) is 47.4 Å². The summed E-state index contributed by atoms with van der Waals surface area (Å²) in [7, 11) is 0. The fraction of sp³-hybridized carbons (Fsp3) is 0.877. The zero-order valence-corrected chi connectivity index (χ0v) is 47.7. The highest BCUT2D eigenvalue weighted by molar-refractivity contribution is 5.76. The lowest BCUT2D eigenvalue weighted by Gasteiger charge is -2.20. The monoisotopic (exact) mass is 998 g/mol. The maximum absolute atomic E-state index is 12.5. The number of aliphatic hydroxyl groups excluding tert-OH is 2. The van der Waals surface area contributed by atoms with Crippen LogP contribution in [0.5, 0.6) is 0 Å². The number of aliphatic hydroxyl groups is 2. The third-order valence-corrected chi connectivity index (χ3v) is 14.6. The molecule has 0 aliphatic carbocycles. The Labute approximate surface area is 443 Å². The first-order chi connectivity index (χ1) is 35.0. The van der Waals surface area contributed by atoms with E-state index in [-0.39, 0.29) is 18.5 Å². The predicted octanol–water partition coefficient (Wildman–Crippen LogP) is 20.0. The number of amides is 1. The number of rotatable bonds is 59. The van der Waals surface area contributed by atoms with Gasteiger partial charge in [-0.1, -0.05) is 281 Å². The van der Waals surface area contributed by atoms with Gasteiger partial charge in [-0.3, -0.25) is 9.59 Å². The number of hydrogen-bond acceptors (Lipinski definition) is 5. The molecule has 6 heteroatoms. The van der Waals surface area contributed by atoms with Crippen LogP contribution in [0, 0.1) is 0 Å². The van der Waals surface area contributed by atoms with E-state index in [1.54, 1.807) is 6.08 Å². The Morgan fingerprint density at radius 2 is 0.662 bits per heavy atom. The molecule has 3 N–H and O–H groups in total. The van der Waals surface area contributed by atoms with Crippen molar-refractivity contribution in [1.29, 1.82) is 0 Å². The minimum atomic E-state index is -0.849. The van der Waals surface area contributed by atoms with Crippen LogP contribution in [0.25, 0.3) is 0 Å². The maximum Gasteiger partial charge on any atom is 0.305 e. The highest BCUT2D eigenvalue weighted by Crippen LogP contribution is 2.17. The Morgan fingerprint density at radius 1 is 0.380 bits per heavy atom. The molecule has 418 valence electrons. The lowest BCUT2D eigenvalue weighted by atomic mass is 10.0. The smallest absolute Gasteiger partial charge is 0.305 e. The van der Waals surface area contributed by atoms with Gasteiger partial charge < -0.3 is 20.3 Å². The molecule has 0 aromatic rings. The summed E-state index contributed by atoms with van der Waals surface area (Å²) in [4.78, 5) is 24.5. The van der Waals surface area contributed by atoms with E-state index in [2.05, 4.69) is 43.5 Å². The molecule has 0 aliphatic heterocycles. The number of nitrogens with one attached hydrogen (secondary N) is 1. The van der Waals surface area contributed by atoms with Crippen molar-refractivity contribution >= 4 is 11.9 Å². The largest absolute Gasteiger partial charge is 0.466 e. The average molecular weight is 999 g/mol. The quantitative estimate of drug-likeness (QED) is 0.0321. The normalized spacial score (nSPS) is 12.8. The Bertz CT molecular complexity index is 1150. The molecule has 1 amide bonds. The van der Waals surface area contributed by atoms with Crippen LogP contribution in [0.2, 0.25) is 0 Å². The second-order valence-corrected chi connectivity index (χ2v) is 21.7. The minimum Gasteiger partial charge on any atom is -0.466 e. The second-order valence-electron chi connectivity index (χ2n) is 21.7. The molecule has 6 nitrogen and oxygen atoms in total. The Balaban J connectivity index is 3.43. The predicted molar refractivity (Wildman–Crippen MR) is 310 cm³/mol. The van der Waals surface area contributed by atoms with Crippen molar-refractivity contribution in [2.75, 3.05) is 13.2 Å². The number of carbonyl (C=O) groups is 2. The average Bonchev–Trinajstić information content (AvgIpc) is 3.37. The van der Waals surface area contributed by atoms with Gasteiger partial charge in [-0.25, -0.2) is 0 Å². The van der Waals surface area contributed by atoms with Crippen LogP contribution in [0.4, 0.5) is 0 Å². The van der Waals surface area contributed by atoms with Gasteiger partial charge in [0.1, 0.15) is 0 Å². The minimum absolute atomic E-state index is 0.00614. The van der Waals surface area contributed by atoms with Crippen molar-refractivity contribution in [1.82, 2.24) is 5.32 Å². The first-order valence-electron chi connectivity index (χ1n) is 31.8. The van der Waals surface area contributed by atoms with Crippen molar-refractivity contribution in [3.05, 3.63) is 36.5 Å². The highest BCUT2D eigenvalue weighted by atomic mass is 16.5. The standard InChI is InChI=1S/C65H123NO5/c1-3-5-7-9-11-13-15-17-19-26-31-35-39-43-47-51-55-59-65(70)71-60-56-52-48-44-40-36-32-28-25-23-21-20-22-24-27-30-34-38-42-46-50-54-58-64(69)66-62(61-67)63(68)57-53-49-45-41-37-33-29-18-16-14-12-10-8-6-4-2/h17,19,22,24,53,57,62-63,67-68H,3-16,18,20-21,23,25-52,54-56,58-61H2,1-2H3,(H,66,69)/b19-17-,24-22-,57-53+. The van der Waals surface area contributed by atoms with Crippen molar-refractivity contribution in [2.45, 2.75) is 353 Å². The molecule has 0 heterocycles. The van der Waals surface area contributed by atoms with Crippen molar-refractivity contribution < 1.29 is 24.5 Å². The van der Waals surface area contributed by atoms with Gasteiger partial charge in [-0.15, -0.1) is 0 Å². The molecule has 0 spiro atoms. The zero-order valence-electron chi connectivity index (χ0n) is 47.7. The molecule has 0 aromatic carbocycles. The van der Waals surface area contributed by atoms with Crippen LogP contribution in [-0.2, 0) is 14.3 Å². The highest BCUT2D eigenvalue weighted by Gasteiger charge is 2.18. The third kappa shape index (κ3) is 57.2. The molecule has 0 radical (unpaired) electrons. The maximum atomic E-state index is 12.5. The van der Waals surface area contributed by atoms with Gasteiger partial charge in [0.05, 0.1) is 25.4 Å². The fourth-order valence-corrected chi connectivity index (χ4v) is 9.74. The lowest BCUT2D eigenvalue weighted by molar-refractivity contribution is -0.143. The Hall–Kier alpha value is -1.92. The van der Waals surface area contributed by atoms with E-state index in [0.717, 1.165) is 51.4 Å².